The summed E-state index contributed by atoms with van der Waals surface area (Å²) in [5.41, 5.74) is 1.45. The number of para-hydroxylation sites is 1. The van der Waals surface area contributed by atoms with E-state index in [0.29, 0.717) is 35.6 Å². The van der Waals surface area contributed by atoms with Gasteiger partial charge in [0.25, 0.3) is 5.56 Å². The number of alkyl halides is 1. The number of halogens is 2. The van der Waals surface area contributed by atoms with Crippen LogP contribution >= 0.6 is 0 Å². The van der Waals surface area contributed by atoms with Crippen molar-refractivity contribution in [3.05, 3.63) is 81.5 Å². The van der Waals surface area contributed by atoms with E-state index in [-0.39, 0.29) is 16.9 Å². The first-order valence-electron chi connectivity index (χ1n) is 10.6. The van der Waals surface area contributed by atoms with E-state index in [0.717, 1.165) is 12.5 Å². The molecule has 0 saturated heterocycles. The minimum absolute atomic E-state index is 0.0694. The molecule has 3 rings (SSSR count). The molecule has 2 aromatic carbocycles. The molecule has 0 bridgehead atoms. The van der Waals surface area contributed by atoms with Crippen molar-refractivity contribution in [1.29, 1.82) is 0 Å². The maximum Gasteiger partial charge on any atom is 0.257 e. The molecule has 0 fully saturated rings. The topological polar surface area (TPSA) is 55.1 Å². The standard InChI is InChI=1S/C25H28F2N2O2/c1-4-18-21(14-13-16(2)3)28-24(19-11-8-12-20(27)23(19)30)29(25(18)31)22(15-26)17-9-6-5-7-10-17/h5-12,16,22,30H,4,13-15H2,1-3H3. The van der Waals surface area contributed by atoms with Crippen LogP contribution in [0.25, 0.3) is 11.4 Å². The summed E-state index contributed by atoms with van der Waals surface area (Å²) in [6, 6.07) is 12.0. The van der Waals surface area contributed by atoms with Crippen molar-refractivity contribution < 1.29 is 13.9 Å². The number of aryl methyl sites for hydroxylation is 1. The van der Waals surface area contributed by atoms with Gasteiger partial charge >= 0.3 is 0 Å². The number of phenolic OH excluding ortho intramolecular Hbond substituents is 1. The van der Waals surface area contributed by atoms with Gasteiger partial charge in [0.05, 0.1) is 17.3 Å². The number of aromatic nitrogens is 2. The molecule has 0 saturated carbocycles. The van der Waals surface area contributed by atoms with Crippen LogP contribution in [0.1, 0.15) is 50.1 Å². The minimum atomic E-state index is -0.941. The number of nitrogens with zero attached hydrogens (tertiary/aromatic N) is 2. The highest BCUT2D eigenvalue weighted by atomic mass is 19.1. The van der Waals surface area contributed by atoms with Crippen LogP contribution in [0.15, 0.2) is 53.3 Å². The zero-order valence-corrected chi connectivity index (χ0v) is 18.1. The largest absolute Gasteiger partial charge is 0.504 e. The fourth-order valence-electron chi connectivity index (χ4n) is 3.76. The lowest BCUT2D eigenvalue weighted by molar-refractivity contribution is 0.387. The number of hydrogen-bond acceptors (Lipinski definition) is 3. The molecule has 1 N–H and O–H groups in total. The molecule has 3 aromatic rings. The number of hydrogen-bond donors (Lipinski definition) is 1. The molecule has 164 valence electrons. The first-order valence-corrected chi connectivity index (χ1v) is 10.6. The molecule has 1 aromatic heterocycles. The van der Waals surface area contributed by atoms with Crippen LogP contribution in [0.5, 0.6) is 5.75 Å². The Bertz CT molecular complexity index is 1090. The number of aromatic hydroxyl groups is 1. The average Bonchev–Trinajstić information content (AvgIpc) is 2.76. The van der Waals surface area contributed by atoms with Gasteiger partial charge in [-0.15, -0.1) is 0 Å². The monoisotopic (exact) mass is 426 g/mol. The predicted octanol–water partition coefficient (Wildman–Crippen LogP) is 5.46. The summed E-state index contributed by atoms with van der Waals surface area (Å²) in [7, 11) is 0. The van der Waals surface area contributed by atoms with Gasteiger partial charge in [-0.1, -0.05) is 57.2 Å². The van der Waals surface area contributed by atoms with Crippen molar-refractivity contribution in [3.8, 4) is 17.1 Å². The fraction of sp³-hybridized carbons (Fsp3) is 0.360. The zero-order chi connectivity index (χ0) is 22.5. The highest BCUT2D eigenvalue weighted by molar-refractivity contribution is 5.65. The Kier molecular flexibility index (Phi) is 7.21. The molecule has 0 amide bonds. The third-order valence-corrected chi connectivity index (χ3v) is 5.48. The van der Waals surface area contributed by atoms with Crippen molar-refractivity contribution in [1.82, 2.24) is 9.55 Å². The molecule has 4 nitrogen and oxygen atoms in total. The lowest BCUT2D eigenvalue weighted by Gasteiger charge is -2.24. The third kappa shape index (κ3) is 4.68. The van der Waals surface area contributed by atoms with E-state index in [1.807, 2.05) is 13.0 Å². The third-order valence-electron chi connectivity index (χ3n) is 5.48. The zero-order valence-electron chi connectivity index (χ0n) is 18.1. The number of benzene rings is 2. The quantitative estimate of drug-likeness (QED) is 0.520. The van der Waals surface area contributed by atoms with Crippen molar-refractivity contribution in [2.75, 3.05) is 6.67 Å². The second-order valence-electron chi connectivity index (χ2n) is 8.04. The summed E-state index contributed by atoms with van der Waals surface area (Å²) in [6.45, 7) is 5.19. The Morgan fingerprint density at radius 1 is 1.10 bits per heavy atom. The summed E-state index contributed by atoms with van der Waals surface area (Å²) in [5, 5.41) is 10.4. The molecule has 6 heteroatoms. The lowest BCUT2D eigenvalue weighted by Crippen LogP contribution is -2.33. The van der Waals surface area contributed by atoms with Gasteiger partial charge in [-0.2, -0.15) is 0 Å². The highest BCUT2D eigenvalue weighted by Crippen LogP contribution is 2.33. The number of rotatable bonds is 8. The SMILES string of the molecule is CCc1c(CCC(C)C)nc(-c2cccc(F)c2O)n(C(CF)c2ccccc2)c1=O. The average molecular weight is 427 g/mol. The molecule has 0 aliphatic heterocycles. The molecule has 0 aliphatic rings. The smallest absolute Gasteiger partial charge is 0.257 e. The molecule has 1 unspecified atom stereocenters. The van der Waals surface area contributed by atoms with Crippen molar-refractivity contribution in [3.63, 3.8) is 0 Å². The van der Waals surface area contributed by atoms with E-state index in [9.17, 15) is 18.7 Å². The van der Waals surface area contributed by atoms with Crippen LogP contribution in [0.2, 0.25) is 0 Å². The van der Waals surface area contributed by atoms with Crippen LogP contribution in [-0.4, -0.2) is 21.3 Å². The van der Waals surface area contributed by atoms with Crippen molar-refractivity contribution >= 4 is 0 Å². The van der Waals surface area contributed by atoms with E-state index in [1.165, 1.54) is 16.7 Å². The van der Waals surface area contributed by atoms with E-state index in [4.69, 9.17) is 4.98 Å². The Morgan fingerprint density at radius 3 is 2.42 bits per heavy atom. The summed E-state index contributed by atoms with van der Waals surface area (Å²) >= 11 is 0. The van der Waals surface area contributed by atoms with Crippen LogP contribution in [0, 0.1) is 11.7 Å². The van der Waals surface area contributed by atoms with Gasteiger partial charge in [0.2, 0.25) is 0 Å². The van der Waals surface area contributed by atoms with Crippen LogP contribution < -0.4 is 5.56 Å². The van der Waals surface area contributed by atoms with Crippen LogP contribution in [0.3, 0.4) is 0 Å². The Morgan fingerprint density at radius 2 is 1.81 bits per heavy atom. The summed E-state index contributed by atoms with van der Waals surface area (Å²) < 4.78 is 29.8. The maximum absolute atomic E-state index is 14.4. The van der Waals surface area contributed by atoms with Crippen LogP contribution in [0.4, 0.5) is 8.78 Å². The van der Waals surface area contributed by atoms with Gasteiger partial charge in [-0.05, 0) is 42.9 Å². The molecule has 0 aliphatic carbocycles. The van der Waals surface area contributed by atoms with E-state index in [1.54, 1.807) is 24.3 Å². The van der Waals surface area contributed by atoms with Crippen LogP contribution in [-0.2, 0) is 12.8 Å². The van der Waals surface area contributed by atoms with Crippen molar-refractivity contribution in [2.45, 2.75) is 46.1 Å². The van der Waals surface area contributed by atoms with E-state index < -0.39 is 24.3 Å². The number of phenols is 1. The molecule has 0 spiro atoms. The Labute approximate surface area is 181 Å². The van der Waals surface area contributed by atoms with Crippen molar-refractivity contribution in [2.24, 2.45) is 5.92 Å². The van der Waals surface area contributed by atoms with Gasteiger partial charge < -0.3 is 5.11 Å². The summed E-state index contributed by atoms with van der Waals surface area (Å²) in [5.74, 6) is -0.946. The predicted molar refractivity (Wildman–Crippen MR) is 119 cm³/mol. The fourth-order valence-corrected chi connectivity index (χ4v) is 3.76. The second kappa shape index (κ2) is 9.86. The maximum atomic E-state index is 14.4. The molecular weight excluding hydrogens is 398 g/mol. The van der Waals surface area contributed by atoms with Gasteiger partial charge in [0, 0.05) is 5.56 Å². The van der Waals surface area contributed by atoms with Gasteiger partial charge in [0.1, 0.15) is 12.5 Å². The van der Waals surface area contributed by atoms with E-state index in [2.05, 4.69) is 13.8 Å². The Balaban J connectivity index is 2.34. The first kappa shape index (κ1) is 22.7. The molecule has 0 radical (unpaired) electrons. The normalized spacial score (nSPS) is 12.3. The highest BCUT2D eigenvalue weighted by Gasteiger charge is 2.26. The van der Waals surface area contributed by atoms with Gasteiger partial charge in [0.15, 0.2) is 11.6 Å². The van der Waals surface area contributed by atoms with Gasteiger partial charge in [-0.3, -0.25) is 9.36 Å². The lowest BCUT2D eigenvalue weighted by atomic mass is 10.0. The van der Waals surface area contributed by atoms with Gasteiger partial charge in [-0.25, -0.2) is 13.8 Å². The minimum Gasteiger partial charge on any atom is -0.504 e. The van der Waals surface area contributed by atoms with E-state index >= 15 is 0 Å². The summed E-state index contributed by atoms with van der Waals surface area (Å²) in [4.78, 5) is 18.3. The molecule has 1 atom stereocenters. The summed E-state index contributed by atoms with van der Waals surface area (Å²) in [6.07, 6.45) is 1.84. The molecule has 1 heterocycles. The molecular formula is C25H28F2N2O2. The molecule has 31 heavy (non-hydrogen) atoms. The Hall–Kier alpha value is -3.02. The first-order chi connectivity index (χ1) is 14.9. The second-order valence-corrected chi connectivity index (χ2v) is 8.04.